The SMILES string of the molecule is COc1cc([N+](=O)[O-])ccc1NC(=O)C1CCN(S(=O)(=O)c2ccc(S(C)(=O)=O)cc2)CC1. The quantitative estimate of drug-likeness (QED) is 0.450. The van der Waals surface area contributed by atoms with Crippen LogP contribution in [0.15, 0.2) is 52.3 Å². The molecule has 33 heavy (non-hydrogen) atoms. The number of nitro groups is 1. The molecule has 1 fully saturated rings. The van der Waals surface area contributed by atoms with Crippen molar-refractivity contribution in [2.75, 3.05) is 31.8 Å². The minimum Gasteiger partial charge on any atom is -0.494 e. The number of rotatable bonds is 7. The van der Waals surface area contributed by atoms with Crippen LogP contribution in [0.2, 0.25) is 0 Å². The van der Waals surface area contributed by atoms with Crippen molar-refractivity contribution in [3.63, 3.8) is 0 Å². The highest BCUT2D eigenvalue weighted by atomic mass is 32.2. The zero-order valence-corrected chi connectivity index (χ0v) is 19.6. The minimum atomic E-state index is -3.83. The van der Waals surface area contributed by atoms with Gasteiger partial charge in [-0.25, -0.2) is 16.8 Å². The summed E-state index contributed by atoms with van der Waals surface area (Å²) in [5, 5.41) is 13.6. The number of nitrogens with one attached hydrogen (secondary N) is 1. The van der Waals surface area contributed by atoms with E-state index in [-0.39, 0.29) is 58.8 Å². The molecule has 0 atom stereocenters. The molecule has 0 spiro atoms. The summed E-state index contributed by atoms with van der Waals surface area (Å²) in [6, 6.07) is 8.85. The van der Waals surface area contributed by atoms with Crippen molar-refractivity contribution in [1.82, 2.24) is 4.31 Å². The lowest BCUT2D eigenvalue weighted by Crippen LogP contribution is -2.41. The minimum absolute atomic E-state index is 0.0200. The van der Waals surface area contributed by atoms with Crippen LogP contribution >= 0.6 is 0 Å². The summed E-state index contributed by atoms with van der Waals surface area (Å²) in [4.78, 5) is 23.0. The number of non-ortho nitro benzene ring substituents is 1. The number of nitrogens with zero attached hydrogens (tertiary/aromatic N) is 2. The number of hydrogen-bond acceptors (Lipinski definition) is 8. The molecule has 0 radical (unpaired) electrons. The van der Waals surface area contributed by atoms with Gasteiger partial charge in [0, 0.05) is 31.3 Å². The number of anilines is 1. The molecule has 178 valence electrons. The van der Waals surface area contributed by atoms with Gasteiger partial charge in [0.05, 0.1) is 33.6 Å². The maximum absolute atomic E-state index is 12.9. The van der Waals surface area contributed by atoms with E-state index in [1.807, 2.05) is 0 Å². The van der Waals surface area contributed by atoms with Crippen LogP contribution in [0, 0.1) is 16.0 Å². The number of ether oxygens (including phenoxy) is 1. The summed E-state index contributed by atoms with van der Waals surface area (Å²) in [7, 11) is -5.94. The monoisotopic (exact) mass is 497 g/mol. The Bertz CT molecular complexity index is 1270. The Morgan fingerprint density at radius 1 is 1.06 bits per heavy atom. The molecule has 0 saturated carbocycles. The predicted molar refractivity (Wildman–Crippen MR) is 119 cm³/mol. The number of methoxy groups -OCH3 is 1. The van der Waals surface area contributed by atoms with Gasteiger partial charge >= 0.3 is 0 Å². The van der Waals surface area contributed by atoms with Crippen molar-refractivity contribution in [2.45, 2.75) is 22.6 Å². The average molecular weight is 498 g/mol. The number of benzene rings is 2. The summed E-state index contributed by atoms with van der Waals surface area (Å²) in [5.74, 6) is -0.643. The molecular weight excluding hydrogens is 474 g/mol. The Hall–Kier alpha value is -3.03. The predicted octanol–water partition coefficient (Wildman–Crippen LogP) is 2.05. The van der Waals surface area contributed by atoms with Crippen LogP contribution in [0.1, 0.15) is 12.8 Å². The van der Waals surface area contributed by atoms with Gasteiger partial charge in [-0.05, 0) is 43.2 Å². The molecule has 11 nitrogen and oxygen atoms in total. The van der Waals surface area contributed by atoms with Gasteiger partial charge in [-0.3, -0.25) is 14.9 Å². The maximum atomic E-state index is 12.9. The number of piperidine rings is 1. The van der Waals surface area contributed by atoms with Crippen molar-refractivity contribution in [3.05, 3.63) is 52.6 Å². The van der Waals surface area contributed by atoms with Crippen LogP contribution in [0.25, 0.3) is 0 Å². The van der Waals surface area contributed by atoms with Crippen molar-refractivity contribution in [1.29, 1.82) is 0 Å². The fraction of sp³-hybridized carbons (Fsp3) is 0.350. The third-order valence-electron chi connectivity index (χ3n) is 5.37. The van der Waals surface area contributed by atoms with Crippen molar-refractivity contribution in [2.24, 2.45) is 5.92 Å². The zero-order valence-electron chi connectivity index (χ0n) is 17.9. The van der Waals surface area contributed by atoms with Gasteiger partial charge in [0.25, 0.3) is 5.69 Å². The second-order valence-corrected chi connectivity index (χ2v) is 11.5. The van der Waals surface area contributed by atoms with E-state index in [0.29, 0.717) is 0 Å². The highest BCUT2D eigenvalue weighted by molar-refractivity contribution is 7.90. The van der Waals surface area contributed by atoms with Gasteiger partial charge in [-0.15, -0.1) is 0 Å². The third-order valence-corrected chi connectivity index (χ3v) is 8.41. The molecule has 3 rings (SSSR count). The Kier molecular flexibility index (Phi) is 7.05. The molecule has 1 N–H and O–H groups in total. The first kappa shape index (κ1) is 24.6. The van der Waals surface area contributed by atoms with E-state index in [0.717, 1.165) is 6.26 Å². The molecule has 1 saturated heterocycles. The van der Waals surface area contributed by atoms with Gasteiger partial charge < -0.3 is 10.1 Å². The van der Waals surface area contributed by atoms with Crippen molar-refractivity contribution < 1.29 is 31.3 Å². The van der Waals surface area contributed by atoms with Gasteiger partial charge in [-0.2, -0.15) is 4.31 Å². The fourth-order valence-electron chi connectivity index (χ4n) is 3.50. The van der Waals surface area contributed by atoms with E-state index >= 15 is 0 Å². The zero-order chi connectivity index (χ0) is 24.4. The second kappa shape index (κ2) is 9.45. The highest BCUT2D eigenvalue weighted by Gasteiger charge is 2.32. The molecule has 0 bridgehead atoms. The van der Waals surface area contributed by atoms with Gasteiger partial charge in [0.1, 0.15) is 5.75 Å². The van der Waals surface area contributed by atoms with E-state index in [1.165, 1.54) is 53.9 Å². The molecule has 1 heterocycles. The third kappa shape index (κ3) is 5.49. The first-order valence-corrected chi connectivity index (χ1v) is 13.2. The van der Waals surface area contributed by atoms with Crippen LogP contribution in [0.4, 0.5) is 11.4 Å². The Labute approximate surface area is 191 Å². The maximum Gasteiger partial charge on any atom is 0.273 e. The van der Waals surface area contributed by atoms with E-state index < -0.39 is 30.7 Å². The molecule has 2 aromatic carbocycles. The molecule has 2 aromatic rings. The summed E-state index contributed by atoms with van der Waals surface area (Å²) < 4.78 is 55.3. The lowest BCUT2D eigenvalue weighted by atomic mass is 9.97. The molecule has 1 aliphatic rings. The molecular formula is C20H23N3O8S2. The number of sulfone groups is 1. The number of carbonyl (C=O) groups excluding carboxylic acids is 1. The summed E-state index contributed by atoms with van der Waals surface area (Å²) in [6.45, 7) is 0.233. The van der Waals surface area contributed by atoms with E-state index in [4.69, 9.17) is 4.74 Å². The smallest absolute Gasteiger partial charge is 0.273 e. The standard InChI is InChI=1S/C20H23N3O8S2/c1-31-19-13-15(23(25)26)3-8-18(19)21-20(24)14-9-11-22(12-10-14)33(29,30)17-6-4-16(5-7-17)32(2,27)28/h3-8,13-14H,9-12H2,1-2H3,(H,21,24). The van der Waals surface area contributed by atoms with E-state index in [9.17, 15) is 31.7 Å². The number of nitro benzene ring substituents is 1. The van der Waals surface area contributed by atoms with Gasteiger partial charge in [0.15, 0.2) is 9.84 Å². The van der Waals surface area contributed by atoms with E-state index in [2.05, 4.69) is 5.32 Å². The van der Waals surface area contributed by atoms with Crippen LogP contribution < -0.4 is 10.1 Å². The Morgan fingerprint density at radius 3 is 2.15 bits per heavy atom. The fourth-order valence-corrected chi connectivity index (χ4v) is 5.60. The summed E-state index contributed by atoms with van der Waals surface area (Å²) >= 11 is 0. The first-order chi connectivity index (χ1) is 15.4. The molecule has 1 amide bonds. The lowest BCUT2D eigenvalue weighted by molar-refractivity contribution is -0.384. The number of amides is 1. The Morgan fingerprint density at radius 2 is 1.64 bits per heavy atom. The largest absolute Gasteiger partial charge is 0.494 e. The number of carbonyl (C=O) groups is 1. The lowest BCUT2D eigenvalue weighted by Gasteiger charge is -2.30. The number of hydrogen-bond donors (Lipinski definition) is 1. The second-order valence-electron chi connectivity index (χ2n) is 7.55. The van der Waals surface area contributed by atoms with Crippen LogP contribution in [-0.2, 0) is 24.7 Å². The number of sulfonamides is 1. The van der Waals surface area contributed by atoms with Crippen LogP contribution in [0.3, 0.4) is 0 Å². The van der Waals surface area contributed by atoms with Gasteiger partial charge in [0.2, 0.25) is 15.9 Å². The van der Waals surface area contributed by atoms with Crippen molar-refractivity contribution in [3.8, 4) is 5.75 Å². The summed E-state index contributed by atoms with van der Waals surface area (Å²) in [6.07, 6.45) is 1.60. The first-order valence-electron chi connectivity index (χ1n) is 9.87. The highest BCUT2D eigenvalue weighted by Crippen LogP contribution is 2.31. The summed E-state index contributed by atoms with van der Waals surface area (Å²) in [5.41, 5.74) is 0.113. The topological polar surface area (TPSA) is 153 Å². The molecule has 0 unspecified atom stereocenters. The van der Waals surface area contributed by atoms with E-state index in [1.54, 1.807) is 0 Å². The Balaban J connectivity index is 1.65. The molecule has 13 heteroatoms. The molecule has 1 aliphatic heterocycles. The van der Waals surface area contributed by atoms with Crippen LogP contribution in [-0.4, -0.2) is 58.4 Å². The molecule has 0 aromatic heterocycles. The van der Waals surface area contributed by atoms with Crippen LogP contribution in [0.5, 0.6) is 5.75 Å². The normalized spacial score (nSPS) is 15.7. The molecule has 0 aliphatic carbocycles. The van der Waals surface area contributed by atoms with Gasteiger partial charge in [-0.1, -0.05) is 0 Å². The van der Waals surface area contributed by atoms with Crippen molar-refractivity contribution >= 4 is 37.1 Å². The average Bonchev–Trinajstić information content (AvgIpc) is 2.78.